The quantitative estimate of drug-likeness (QED) is 0.626. The summed E-state index contributed by atoms with van der Waals surface area (Å²) in [6.07, 6.45) is -0.00410. The molecule has 0 atom stereocenters. The largest absolute Gasteiger partial charge is 0.352 e. The summed E-state index contributed by atoms with van der Waals surface area (Å²) < 4.78 is 0. The van der Waals surface area contributed by atoms with Gasteiger partial charge in [-0.2, -0.15) is 0 Å². The minimum atomic E-state index is -0.466. The van der Waals surface area contributed by atoms with Crippen molar-refractivity contribution in [3.63, 3.8) is 0 Å². The Morgan fingerprint density at radius 2 is 1.71 bits per heavy atom. The van der Waals surface area contributed by atoms with E-state index in [0.717, 1.165) is 12.1 Å². The highest BCUT2D eigenvalue weighted by molar-refractivity contribution is 5.79. The Morgan fingerprint density at radius 1 is 1.08 bits per heavy atom. The number of nitrogens with one attached hydrogen (secondary N) is 1. The van der Waals surface area contributed by atoms with E-state index in [1.165, 1.54) is 11.6 Å². The molecule has 0 heterocycles. The zero-order chi connectivity index (χ0) is 17.5. The van der Waals surface area contributed by atoms with Gasteiger partial charge in [0.05, 0.1) is 11.3 Å². The van der Waals surface area contributed by atoms with Crippen molar-refractivity contribution in [1.29, 1.82) is 0 Å². The van der Waals surface area contributed by atoms with Gasteiger partial charge in [0, 0.05) is 24.7 Å². The Bertz CT molecular complexity index is 712. The van der Waals surface area contributed by atoms with Gasteiger partial charge in [-0.25, -0.2) is 0 Å². The third-order valence-electron chi connectivity index (χ3n) is 3.55. The van der Waals surface area contributed by atoms with Gasteiger partial charge in [0.25, 0.3) is 5.69 Å². The predicted molar refractivity (Wildman–Crippen MR) is 92.5 cm³/mol. The van der Waals surface area contributed by atoms with Crippen LogP contribution in [0.15, 0.2) is 48.5 Å². The van der Waals surface area contributed by atoms with Gasteiger partial charge in [-0.15, -0.1) is 0 Å². The van der Waals surface area contributed by atoms with Crippen LogP contribution in [0.5, 0.6) is 0 Å². The summed E-state index contributed by atoms with van der Waals surface area (Å²) in [4.78, 5) is 24.6. The summed E-state index contributed by atoms with van der Waals surface area (Å²) >= 11 is 0. The second-order valence-electron chi connectivity index (χ2n) is 5.89. The van der Waals surface area contributed by atoms with E-state index in [1.54, 1.807) is 18.2 Å². The maximum Gasteiger partial charge on any atom is 0.273 e. The molecule has 0 aromatic heterocycles. The van der Waals surface area contributed by atoms with Crippen LogP contribution in [-0.4, -0.2) is 29.8 Å². The highest BCUT2D eigenvalue weighted by Gasteiger charge is 2.15. The SMILES string of the molecule is CN(C)Cc1ccc(CNC(=O)Cc2ccccc2[N+](=O)[O-])cc1. The van der Waals surface area contributed by atoms with Crippen LogP contribution in [0.2, 0.25) is 0 Å². The summed E-state index contributed by atoms with van der Waals surface area (Å²) in [5, 5.41) is 13.8. The number of hydrogen-bond acceptors (Lipinski definition) is 4. The van der Waals surface area contributed by atoms with Crippen molar-refractivity contribution in [3.05, 3.63) is 75.3 Å². The molecule has 0 aliphatic heterocycles. The van der Waals surface area contributed by atoms with Crippen molar-refractivity contribution in [1.82, 2.24) is 10.2 Å². The molecule has 0 bridgehead atoms. The molecule has 0 spiro atoms. The molecule has 2 aromatic rings. The molecular weight excluding hydrogens is 306 g/mol. The molecular formula is C18H21N3O3. The molecule has 0 saturated carbocycles. The van der Waals surface area contributed by atoms with Crippen molar-refractivity contribution in [2.75, 3.05) is 14.1 Å². The maximum absolute atomic E-state index is 12.0. The molecule has 6 heteroatoms. The van der Waals surface area contributed by atoms with E-state index in [4.69, 9.17) is 0 Å². The molecule has 0 unspecified atom stereocenters. The standard InChI is InChI=1S/C18H21N3O3/c1-20(2)13-15-9-7-14(8-10-15)12-19-18(22)11-16-5-3-4-6-17(16)21(23)24/h3-10H,11-13H2,1-2H3,(H,19,22). The summed E-state index contributed by atoms with van der Waals surface area (Å²) in [5.41, 5.74) is 2.59. The summed E-state index contributed by atoms with van der Waals surface area (Å²) in [5.74, 6) is -0.235. The van der Waals surface area contributed by atoms with Crippen LogP contribution < -0.4 is 5.32 Å². The fraction of sp³-hybridized carbons (Fsp3) is 0.278. The third kappa shape index (κ3) is 5.17. The second kappa shape index (κ2) is 8.21. The van der Waals surface area contributed by atoms with Crippen molar-refractivity contribution < 1.29 is 9.72 Å². The van der Waals surface area contributed by atoms with Gasteiger partial charge in [-0.05, 0) is 25.2 Å². The van der Waals surface area contributed by atoms with Gasteiger partial charge >= 0.3 is 0 Å². The molecule has 24 heavy (non-hydrogen) atoms. The molecule has 1 N–H and O–H groups in total. The fourth-order valence-corrected chi connectivity index (χ4v) is 2.40. The van der Waals surface area contributed by atoms with E-state index in [-0.39, 0.29) is 18.0 Å². The molecule has 0 saturated heterocycles. The molecule has 2 rings (SSSR count). The number of nitro groups is 1. The molecule has 1 amide bonds. The number of hydrogen-bond donors (Lipinski definition) is 1. The molecule has 0 fully saturated rings. The van der Waals surface area contributed by atoms with E-state index in [9.17, 15) is 14.9 Å². The van der Waals surface area contributed by atoms with Crippen LogP contribution >= 0.6 is 0 Å². The van der Waals surface area contributed by atoms with Gasteiger partial charge in [0.15, 0.2) is 0 Å². The van der Waals surface area contributed by atoms with E-state index >= 15 is 0 Å². The van der Waals surface area contributed by atoms with Crippen molar-refractivity contribution in [3.8, 4) is 0 Å². The topological polar surface area (TPSA) is 75.5 Å². The number of carbonyl (C=O) groups is 1. The molecule has 0 radical (unpaired) electrons. The third-order valence-corrected chi connectivity index (χ3v) is 3.55. The van der Waals surface area contributed by atoms with Gasteiger partial charge in [0.1, 0.15) is 0 Å². The number of nitrogens with zero attached hydrogens (tertiary/aromatic N) is 2. The van der Waals surface area contributed by atoms with Crippen molar-refractivity contribution in [2.45, 2.75) is 19.5 Å². The van der Waals surface area contributed by atoms with E-state index in [0.29, 0.717) is 12.1 Å². The minimum absolute atomic E-state index is 0.00410. The fourth-order valence-electron chi connectivity index (χ4n) is 2.40. The van der Waals surface area contributed by atoms with E-state index in [1.807, 2.05) is 38.4 Å². The van der Waals surface area contributed by atoms with Gasteiger partial charge in [-0.3, -0.25) is 14.9 Å². The summed E-state index contributed by atoms with van der Waals surface area (Å²) in [7, 11) is 4.02. The lowest BCUT2D eigenvalue weighted by Gasteiger charge is -2.10. The molecule has 126 valence electrons. The van der Waals surface area contributed by atoms with Gasteiger partial charge in [0.2, 0.25) is 5.91 Å². The first-order valence-electron chi connectivity index (χ1n) is 7.67. The van der Waals surface area contributed by atoms with Crippen LogP contribution in [0.4, 0.5) is 5.69 Å². The zero-order valence-corrected chi connectivity index (χ0v) is 13.9. The molecule has 2 aromatic carbocycles. The zero-order valence-electron chi connectivity index (χ0n) is 13.9. The monoisotopic (exact) mass is 327 g/mol. The summed E-state index contributed by atoms with van der Waals surface area (Å²) in [6.45, 7) is 1.27. The average Bonchev–Trinajstić information content (AvgIpc) is 2.54. The number of benzene rings is 2. The first-order chi connectivity index (χ1) is 11.5. The average molecular weight is 327 g/mol. The number of carbonyl (C=O) groups excluding carboxylic acids is 1. The van der Waals surface area contributed by atoms with Crippen LogP contribution in [0.1, 0.15) is 16.7 Å². The summed E-state index contributed by atoms with van der Waals surface area (Å²) in [6, 6.07) is 14.3. The van der Waals surface area contributed by atoms with Gasteiger partial charge in [-0.1, -0.05) is 42.5 Å². The lowest BCUT2D eigenvalue weighted by molar-refractivity contribution is -0.385. The first kappa shape index (κ1) is 17.6. The first-order valence-corrected chi connectivity index (χ1v) is 7.67. The Balaban J connectivity index is 1.91. The predicted octanol–water partition coefficient (Wildman–Crippen LogP) is 2.52. The number of rotatable bonds is 7. The smallest absolute Gasteiger partial charge is 0.273 e. The molecule has 0 aliphatic carbocycles. The highest BCUT2D eigenvalue weighted by atomic mass is 16.6. The highest BCUT2D eigenvalue weighted by Crippen LogP contribution is 2.18. The molecule has 0 aliphatic rings. The Labute approximate surface area is 141 Å². The molecule has 6 nitrogen and oxygen atoms in total. The van der Waals surface area contributed by atoms with Crippen molar-refractivity contribution >= 4 is 11.6 Å². The Hall–Kier alpha value is -2.73. The number of para-hydroxylation sites is 1. The van der Waals surface area contributed by atoms with Crippen LogP contribution in [-0.2, 0) is 24.3 Å². The van der Waals surface area contributed by atoms with Crippen LogP contribution in [0.25, 0.3) is 0 Å². The number of amides is 1. The normalized spacial score (nSPS) is 10.6. The Morgan fingerprint density at radius 3 is 2.33 bits per heavy atom. The number of nitro benzene ring substituents is 1. The van der Waals surface area contributed by atoms with Crippen LogP contribution in [0.3, 0.4) is 0 Å². The van der Waals surface area contributed by atoms with Crippen molar-refractivity contribution in [2.24, 2.45) is 0 Å². The van der Waals surface area contributed by atoms with E-state index < -0.39 is 4.92 Å². The Kier molecular flexibility index (Phi) is 6.03. The second-order valence-corrected chi connectivity index (χ2v) is 5.89. The maximum atomic E-state index is 12.0. The lowest BCUT2D eigenvalue weighted by atomic mass is 10.1. The van der Waals surface area contributed by atoms with Gasteiger partial charge < -0.3 is 10.2 Å². The minimum Gasteiger partial charge on any atom is -0.352 e. The lowest BCUT2D eigenvalue weighted by Crippen LogP contribution is -2.24. The van der Waals surface area contributed by atoms with Crippen LogP contribution in [0, 0.1) is 10.1 Å². The van der Waals surface area contributed by atoms with E-state index in [2.05, 4.69) is 10.2 Å².